The first-order valence-electron chi connectivity index (χ1n) is 6.65. The predicted octanol–water partition coefficient (Wildman–Crippen LogP) is 3.17. The third-order valence-electron chi connectivity index (χ3n) is 3.71. The number of hydrogen-bond acceptors (Lipinski definition) is 3. The fourth-order valence-corrected chi connectivity index (χ4v) is 2.53. The largest absolute Gasteiger partial charge is 0.399 e. The van der Waals surface area contributed by atoms with Crippen molar-refractivity contribution in [2.24, 2.45) is 5.92 Å². The van der Waals surface area contributed by atoms with Gasteiger partial charge < -0.3 is 16.2 Å². The lowest BCUT2D eigenvalue weighted by Gasteiger charge is -2.26. The second-order valence-corrected chi connectivity index (χ2v) is 5.20. The molecule has 0 spiro atoms. The number of nitrogens with two attached hydrogens (primary N) is 1. The van der Waals surface area contributed by atoms with Gasteiger partial charge in [0.05, 0.1) is 6.10 Å². The summed E-state index contributed by atoms with van der Waals surface area (Å²) in [6.07, 6.45) is 0.759. The monoisotopic (exact) mass is 270 g/mol. The van der Waals surface area contributed by atoms with Gasteiger partial charge in [0.2, 0.25) is 0 Å². The van der Waals surface area contributed by atoms with E-state index in [2.05, 4.69) is 5.32 Å². The molecular weight excluding hydrogens is 250 g/mol. The lowest BCUT2D eigenvalue weighted by Crippen LogP contribution is -2.23. The highest BCUT2D eigenvalue weighted by molar-refractivity contribution is 5.58. The van der Waals surface area contributed by atoms with Crippen molar-refractivity contribution in [3.63, 3.8) is 0 Å². The summed E-state index contributed by atoms with van der Waals surface area (Å²) in [4.78, 5) is 0. The summed E-state index contributed by atoms with van der Waals surface area (Å²) in [5, 5.41) is 12.5. The second kappa shape index (κ2) is 6.19. The lowest BCUT2D eigenvalue weighted by molar-refractivity contribution is 0.111. The number of alkyl halides is 2. The SMILES string of the molecule is Nc1ccc(NCC2CCC(O)CC2)c(C(F)F)c1. The van der Waals surface area contributed by atoms with Gasteiger partial charge in [0.1, 0.15) is 0 Å². The van der Waals surface area contributed by atoms with Crippen LogP contribution >= 0.6 is 0 Å². The van der Waals surface area contributed by atoms with E-state index < -0.39 is 6.43 Å². The lowest BCUT2D eigenvalue weighted by atomic mass is 9.87. The Labute approximate surface area is 111 Å². The Bertz CT molecular complexity index is 418. The van der Waals surface area contributed by atoms with Crippen LogP contribution < -0.4 is 11.1 Å². The number of nitrogen functional groups attached to an aromatic ring is 1. The van der Waals surface area contributed by atoms with Crippen molar-refractivity contribution >= 4 is 11.4 Å². The molecule has 2 rings (SSSR count). The topological polar surface area (TPSA) is 58.3 Å². The summed E-state index contributed by atoms with van der Waals surface area (Å²) in [5.41, 5.74) is 6.29. The predicted molar refractivity (Wildman–Crippen MR) is 72.3 cm³/mol. The molecule has 0 unspecified atom stereocenters. The highest BCUT2D eigenvalue weighted by Gasteiger charge is 2.20. The molecule has 0 radical (unpaired) electrons. The molecule has 19 heavy (non-hydrogen) atoms. The van der Waals surface area contributed by atoms with Crippen LogP contribution in [0.3, 0.4) is 0 Å². The minimum atomic E-state index is -2.53. The first-order chi connectivity index (χ1) is 9.06. The minimum Gasteiger partial charge on any atom is -0.399 e. The molecule has 1 aliphatic rings. The number of anilines is 2. The maximum Gasteiger partial charge on any atom is 0.265 e. The third-order valence-corrected chi connectivity index (χ3v) is 3.71. The van der Waals surface area contributed by atoms with E-state index >= 15 is 0 Å². The van der Waals surface area contributed by atoms with Crippen LogP contribution in [0.4, 0.5) is 20.2 Å². The van der Waals surface area contributed by atoms with Crippen molar-refractivity contribution < 1.29 is 13.9 Å². The van der Waals surface area contributed by atoms with Crippen molar-refractivity contribution in [3.8, 4) is 0 Å². The Balaban J connectivity index is 1.95. The number of benzene rings is 1. The van der Waals surface area contributed by atoms with E-state index in [0.29, 0.717) is 23.8 Å². The standard InChI is InChI=1S/C14H20F2N2O/c15-14(16)12-7-10(17)3-6-13(12)18-8-9-1-4-11(19)5-2-9/h3,6-7,9,11,14,18-19H,1-2,4-5,8,17H2. The van der Waals surface area contributed by atoms with E-state index in [-0.39, 0.29) is 11.7 Å². The molecule has 3 nitrogen and oxygen atoms in total. The number of nitrogens with one attached hydrogen (secondary N) is 1. The summed E-state index contributed by atoms with van der Waals surface area (Å²) in [6.45, 7) is 0.663. The van der Waals surface area contributed by atoms with Crippen LogP contribution in [0.25, 0.3) is 0 Å². The summed E-state index contributed by atoms with van der Waals surface area (Å²) in [5.74, 6) is 0.437. The Kier molecular flexibility index (Phi) is 4.58. The molecule has 1 aliphatic carbocycles. The van der Waals surface area contributed by atoms with Crippen LogP contribution in [-0.2, 0) is 0 Å². The average Bonchev–Trinajstić information content (AvgIpc) is 2.39. The molecule has 0 saturated heterocycles. The molecule has 0 amide bonds. The fourth-order valence-electron chi connectivity index (χ4n) is 2.53. The average molecular weight is 270 g/mol. The van der Waals surface area contributed by atoms with Crippen LogP contribution in [0.2, 0.25) is 0 Å². The summed E-state index contributed by atoms with van der Waals surface area (Å²) >= 11 is 0. The van der Waals surface area contributed by atoms with Crippen LogP contribution in [-0.4, -0.2) is 17.8 Å². The Morgan fingerprint density at radius 1 is 1.26 bits per heavy atom. The fraction of sp³-hybridized carbons (Fsp3) is 0.571. The van der Waals surface area contributed by atoms with E-state index in [1.165, 1.54) is 6.07 Å². The Hall–Kier alpha value is -1.36. The van der Waals surface area contributed by atoms with Crippen molar-refractivity contribution in [2.75, 3.05) is 17.6 Å². The number of aliphatic hydroxyl groups excluding tert-OH is 1. The van der Waals surface area contributed by atoms with Gasteiger partial charge in [0, 0.05) is 23.5 Å². The quantitative estimate of drug-likeness (QED) is 0.736. The second-order valence-electron chi connectivity index (χ2n) is 5.20. The van der Waals surface area contributed by atoms with Crippen LogP contribution in [0.15, 0.2) is 18.2 Å². The van der Waals surface area contributed by atoms with Gasteiger partial charge in [-0.3, -0.25) is 0 Å². The van der Waals surface area contributed by atoms with Crippen molar-refractivity contribution in [3.05, 3.63) is 23.8 Å². The summed E-state index contributed by atoms with van der Waals surface area (Å²) < 4.78 is 25.8. The van der Waals surface area contributed by atoms with Gasteiger partial charge in [-0.2, -0.15) is 0 Å². The molecule has 0 bridgehead atoms. The number of aliphatic hydroxyl groups is 1. The molecular formula is C14H20F2N2O. The van der Waals surface area contributed by atoms with Crippen molar-refractivity contribution in [2.45, 2.75) is 38.2 Å². The molecule has 106 valence electrons. The maximum absolute atomic E-state index is 12.9. The molecule has 5 heteroatoms. The number of halogens is 2. The van der Waals surface area contributed by atoms with Gasteiger partial charge in [-0.1, -0.05) is 0 Å². The van der Waals surface area contributed by atoms with Crippen LogP contribution in [0.1, 0.15) is 37.7 Å². The minimum absolute atomic E-state index is 0.0455. The zero-order valence-electron chi connectivity index (χ0n) is 10.8. The molecule has 4 N–H and O–H groups in total. The van der Waals surface area contributed by atoms with Crippen molar-refractivity contribution in [1.29, 1.82) is 0 Å². The zero-order valence-corrected chi connectivity index (χ0v) is 10.8. The molecule has 1 aromatic carbocycles. The third kappa shape index (κ3) is 3.80. The van der Waals surface area contributed by atoms with E-state index in [4.69, 9.17) is 5.73 Å². The zero-order chi connectivity index (χ0) is 13.8. The number of hydrogen-bond donors (Lipinski definition) is 3. The van der Waals surface area contributed by atoms with Gasteiger partial charge in [0.15, 0.2) is 0 Å². The van der Waals surface area contributed by atoms with Gasteiger partial charge in [-0.05, 0) is 49.8 Å². The highest BCUT2D eigenvalue weighted by Crippen LogP contribution is 2.30. The Morgan fingerprint density at radius 2 is 1.95 bits per heavy atom. The molecule has 1 fully saturated rings. The number of rotatable bonds is 4. The molecule has 1 saturated carbocycles. The van der Waals surface area contributed by atoms with Gasteiger partial charge in [-0.25, -0.2) is 8.78 Å². The van der Waals surface area contributed by atoms with Crippen LogP contribution in [0.5, 0.6) is 0 Å². The normalized spacial score (nSPS) is 23.6. The molecule has 1 aromatic rings. The van der Waals surface area contributed by atoms with Gasteiger partial charge in [-0.15, -0.1) is 0 Å². The molecule has 0 aliphatic heterocycles. The highest BCUT2D eigenvalue weighted by atomic mass is 19.3. The van der Waals surface area contributed by atoms with E-state index in [1.54, 1.807) is 12.1 Å². The Morgan fingerprint density at radius 3 is 2.58 bits per heavy atom. The summed E-state index contributed by atoms with van der Waals surface area (Å²) in [7, 11) is 0. The van der Waals surface area contributed by atoms with Crippen LogP contribution in [0, 0.1) is 5.92 Å². The van der Waals surface area contributed by atoms with E-state index in [1.807, 2.05) is 0 Å². The smallest absolute Gasteiger partial charge is 0.265 e. The summed E-state index contributed by atoms with van der Waals surface area (Å²) in [6, 6.07) is 4.55. The van der Waals surface area contributed by atoms with Gasteiger partial charge >= 0.3 is 0 Å². The van der Waals surface area contributed by atoms with E-state index in [0.717, 1.165) is 25.7 Å². The molecule has 0 heterocycles. The molecule has 0 atom stereocenters. The van der Waals surface area contributed by atoms with E-state index in [9.17, 15) is 13.9 Å². The first-order valence-corrected chi connectivity index (χ1v) is 6.65. The first kappa shape index (κ1) is 14.1. The van der Waals surface area contributed by atoms with Crippen molar-refractivity contribution in [1.82, 2.24) is 0 Å². The van der Waals surface area contributed by atoms with Gasteiger partial charge in [0.25, 0.3) is 6.43 Å². The molecule has 0 aromatic heterocycles. The maximum atomic E-state index is 12.9.